The molecular weight excluding hydrogens is 371 g/mol. The number of carbonyl (C=O) groups is 1. The lowest BCUT2D eigenvalue weighted by Crippen LogP contribution is -2.16. The molecule has 1 amide bonds. The lowest BCUT2D eigenvalue weighted by molar-refractivity contribution is 0.102. The molecule has 132 valence electrons. The minimum Gasteiger partial charge on any atom is -0.354 e. The van der Waals surface area contributed by atoms with Gasteiger partial charge in [0.25, 0.3) is 5.91 Å². The maximum Gasteiger partial charge on any atom is 0.274 e. The van der Waals surface area contributed by atoms with Gasteiger partial charge in [-0.1, -0.05) is 47.5 Å². The van der Waals surface area contributed by atoms with E-state index in [0.717, 1.165) is 12.0 Å². The molecule has 0 atom stereocenters. The second-order valence-corrected chi connectivity index (χ2v) is 6.35. The van der Waals surface area contributed by atoms with Crippen molar-refractivity contribution in [3.8, 4) is 0 Å². The summed E-state index contributed by atoms with van der Waals surface area (Å²) in [6.45, 7) is 0.636. The third kappa shape index (κ3) is 4.94. The van der Waals surface area contributed by atoms with Crippen molar-refractivity contribution in [1.29, 1.82) is 0 Å². The molecule has 0 fully saturated rings. The van der Waals surface area contributed by atoms with Gasteiger partial charge < -0.3 is 10.6 Å². The Labute approximate surface area is 161 Å². The smallest absolute Gasteiger partial charge is 0.274 e. The molecule has 0 unspecified atom stereocenters. The van der Waals surface area contributed by atoms with E-state index in [0.29, 0.717) is 28.2 Å². The summed E-state index contributed by atoms with van der Waals surface area (Å²) >= 11 is 11.9. The Kier molecular flexibility index (Phi) is 6.04. The van der Waals surface area contributed by atoms with Crippen LogP contribution in [0.25, 0.3) is 0 Å². The molecule has 0 saturated heterocycles. The third-order valence-corrected chi connectivity index (χ3v) is 4.20. The zero-order valence-corrected chi connectivity index (χ0v) is 15.3. The van der Waals surface area contributed by atoms with Crippen molar-refractivity contribution >= 4 is 40.7 Å². The molecule has 0 bridgehead atoms. The van der Waals surface area contributed by atoms with Gasteiger partial charge in [0.05, 0.1) is 10.7 Å². The van der Waals surface area contributed by atoms with E-state index in [1.54, 1.807) is 36.5 Å². The van der Waals surface area contributed by atoms with Gasteiger partial charge in [0, 0.05) is 17.8 Å². The van der Waals surface area contributed by atoms with Crippen LogP contribution in [0.4, 0.5) is 11.6 Å². The second-order valence-electron chi connectivity index (χ2n) is 5.50. The zero-order chi connectivity index (χ0) is 18.4. The lowest BCUT2D eigenvalue weighted by Gasteiger charge is -2.08. The number of amides is 1. The van der Waals surface area contributed by atoms with Crippen LogP contribution in [0.15, 0.2) is 60.8 Å². The van der Waals surface area contributed by atoms with Crippen molar-refractivity contribution in [2.45, 2.75) is 6.42 Å². The Hall–Kier alpha value is -2.63. The first kappa shape index (κ1) is 18.2. The highest BCUT2D eigenvalue weighted by Crippen LogP contribution is 2.21. The standard InChI is InChI=1S/C19H16Cl2N4O/c20-14-7-5-13(6-8-14)9-11-22-19-23-12-10-17(25-19)18(26)24-16-4-2-1-3-15(16)21/h1-8,10,12H,9,11H2,(H,24,26)(H,22,23,25). The highest BCUT2D eigenvalue weighted by molar-refractivity contribution is 6.33. The SMILES string of the molecule is O=C(Nc1ccccc1Cl)c1ccnc(NCCc2ccc(Cl)cc2)n1. The van der Waals surface area contributed by atoms with Crippen LogP contribution in [0, 0.1) is 0 Å². The van der Waals surface area contributed by atoms with E-state index in [2.05, 4.69) is 20.6 Å². The molecule has 26 heavy (non-hydrogen) atoms. The van der Waals surface area contributed by atoms with E-state index in [9.17, 15) is 4.79 Å². The van der Waals surface area contributed by atoms with Crippen LogP contribution in [0.5, 0.6) is 0 Å². The van der Waals surface area contributed by atoms with Crippen molar-refractivity contribution in [1.82, 2.24) is 9.97 Å². The number of rotatable bonds is 6. The molecule has 3 rings (SSSR count). The fourth-order valence-electron chi connectivity index (χ4n) is 2.29. The predicted molar refractivity (Wildman–Crippen MR) is 105 cm³/mol. The number of anilines is 2. The zero-order valence-electron chi connectivity index (χ0n) is 13.7. The summed E-state index contributed by atoms with van der Waals surface area (Å²) in [5.74, 6) is 0.0482. The Morgan fingerprint density at radius 1 is 1.00 bits per heavy atom. The van der Waals surface area contributed by atoms with Crippen molar-refractivity contribution in [3.63, 3.8) is 0 Å². The number of nitrogens with one attached hydrogen (secondary N) is 2. The second kappa shape index (κ2) is 8.65. The number of para-hydroxylation sites is 1. The summed E-state index contributed by atoms with van der Waals surface area (Å²) in [6.07, 6.45) is 2.33. The van der Waals surface area contributed by atoms with Crippen LogP contribution in [-0.4, -0.2) is 22.4 Å². The molecule has 0 aliphatic carbocycles. The highest BCUT2D eigenvalue weighted by atomic mass is 35.5. The normalized spacial score (nSPS) is 10.4. The first-order valence-corrected chi connectivity index (χ1v) is 8.74. The van der Waals surface area contributed by atoms with Crippen molar-refractivity contribution in [2.24, 2.45) is 0 Å². The quantitative estimate of drug-likeness (QED) is 0.644. The largest absolute Gasteiger partial charge is 0.354 e. The summed E-state index contributed by atoms with van der Waals surface area (Å²) in [5, 5.41) is 7.04. The van der Waals surface area contributed by atoms with Crippen molar-refractivity contribution in [3.05, 3.63) is 82.1 Å². The molecular formula is C19H16Cl2N4O. The van der Waals surface area contributed by atoms with Crippen LogP contribution < -0.4 is 10.6 Å². The molecule has 0 spiro atoms. The number of carbonyl (C=O) groups excluding carboxylic acids is 1. The molecule has 7 heteroatoms. The fourth-order valence-corrected chi connectivity index (χ4v) is 2.60. The van der Waals surface area contributed by atoms with Gasteiger partial charge in [-0.25, -0.2) is 9.97 Å². The molecule has 1 aromatic heterocycles. The average Bonchev–Trinajstić information content (AvgIpc) is 2.65. The Balaban J connectivity index is 1.59. The number of aromatic nitrogens is 2. The summed E-state index contributed by atoms with van der Waals surface area (Å²) in [5.41, 5.74) is 1.94. The minimum atomic E-state index is -0.346. The van der Waals surface area contributed by atoms with E-state index >= 15 is 0 Å². The van der Waals surface area contributed by atoms with Gasteiger partial charge in [0.1, 0.15) is 5.69 Å². The first-order chi connectivity index (χ1) is 12.6. The van der Waals surface area contributed by atoms with Gasteiger partial charge in [-0.3, -0.25) is 4.79 Å². The van der Waals surface area contributed by atoms with Crippen LogP contribution in [-0.2, 0) is 6.42 Å². The van der Waals surface area contributed by atoms with Crippen LogP contribution in [0.3, 0.4) is 0 Å². The predicted octanol–water partition coefficient (Wildman–Crippen LogP) is 4.69. The van der Waals surface area contributed by atoms with Gasteiger partial charge >= 0.3 is 0 Å². The Morgan fingerprint density at radius 3 is 2.54 bits per heavy atom. The average molecular weight is 387 g/mol. The summed E-state index contributed by atoms with van der Waals surface area (Å²) in [4.78, 5) is 20.7. The highest BCUT2D eigenvalue weighted by Gasteiger charge is 2.10. The number of benzene rings is 2. The molecule has 0 saturated carbocycles. The summed E-state index contributed by atoms with van der Waals surface area (Å²) in [7, 11) is 0. The molecule has 2 aromatic carbocycles. The Bertz CT molecular complexity index is 900. The molecule has 0 aliphatic heterocycles. The van der Waals surface area contributed by atoms with E-state index in [1.165, 1.54) is 0 Å². The topological polar surface area (TPSA) is 66.9 Å². The van der Waals surface area contributed by atoms with Crippen LogP contribution in [0.1, 0.15) is 16.1 Å². The van der Waals surface area contributed by atoms with Gasteiger partial charge in [-0.05, 0) is 42.3 Å². The number of hydrogen-bond acceptors (Lipinski definition) is 4. The van der Waals surface area contributed by atoms with Crippen LogP contribution in [0.2, 0.25) is 10.0 Å². The van der Waals surface area contributed by atoms with Gasteiger partial charge in [-0.15, -0.1) is 0 Å². The van der Waals surface area contributed by atoms with Crippen molar-refractivity contribution in [2.75, 3.05) is 17.2 Å². The van der Waals surface area contributed by atoms with Gasteiger partial charge in [0.15, 0.2) is 0 Å². The number of hydrogen-bond donors (Lipinski definition) is 2. The molecule has 2 N–H and O–H groups in total. The number of nitrogens with zero attached hydrogens (tertiary/aromatic N) is 2. The van der Waals surface area contributed by atoms with E-state index in [-0.39, 0.29) is 11.6 Å². The summed E-state index contributed by atoms with van der Waals surface area (Å²) < 4.78 is 0. The van der Waals surface area contributed by atoms with Crippen molar-refractivity contribution < 1.29 is 4.79 Å². The summed E-state index contributed by atoms with van der Waals surface area (Å²) in [6, 6.07) is 16.2. The first-order valence-electron chi connectivity index (χ1n) is 7.99. The molecule has 3 aromatic rings. The third-order valence-electron chi connectivity index (χ3n) is 3.62. The lowest BCUT2D eigenvalue weighted by atomic mass is 10.1. The van der Waals surface area contributed by atoms with Gasteiger partial charge in [-0.2, -0.15) is 0 Å². The van der Waals surface area contributed by atoms with Crippen LogP contribution >= 0.6 is 23.2 Å². The molecule has 5 nitrogen and oxygen atoms in total. The Morgan fingerprint density at radius 2 is 1.77 bits per heavy atom. The monoisotopic (exact) mass is 386 g/mol. The van der Waals surface area contributed by atoms with E-state index in [4.69, 9.17) is 23.2 Å². The molecule has 0 aliphatic rings. The molecule has 1 heterocycles. The maximum atomic E-state index is 12.3. The fraction of sp³-hybridized carbons (Fsp3) is 0.105. The number of halogens is 2. The van der Waals surface area contributed by atoms with E-state index < -0.39 is 0 Å². The van der Waals surface area contributed by atoms with Gasteiger partial charge in [0.2, 0.25) is 5.95 Å². The minimum absolute atomic E-state index is 0.258. The van der Waals surface area contributed by atoms with E-state index in [1.807, 2.05) is 24.3 Å². The molecule has 0 radical (unpaired) electrons. The maximum absolute atomic E-state index is 12.3.